The highest BCUT2D eigenvalue weighted by molar-refractivity contribution is 5.40. The van der Waals surface area contributed by atoms with Gasteiger partial charge >= 0.3 is 0 Å². The number of hydrogen-bond donors (Lipinski definition) is 1. The summed E-state index contributed by atoms with van der Waals surface area (Å²) >= 11 is 0. The minimum atomic E-state index is -0.302. The molecule has 0 unspecified atom stereocenters. The lowest BCUT2D eigenvalue weighted by molar-refractivity contribution is 0.155. The predicted octanol–water partition coefficient (Wildman–Crippen LogP) is 3.12. The monoisotopic (exact) mass is 294 g/mol. The Bertz CT molecular complexity index is 444. The third-order valence-electron chi connectivity index (χ3n) is 4.25. The number of benzene rings is 1. The van der Waals surface area contributed by atoms with Gasteiger partial charge in [-0.1, -0.05) is 26.0 Å². The van der Waals surface area contributed by atoms with Crippen LogP contribution in [0.15, 0.2) is 18.2 Å². The fourth-order valence-electron chi connectivity index (χ4n) is 3.00. The number of methoxy groups -OCH3 is 1. The van der Waals surface area contributed by atoms with Gasteiger partial charge < -0.3 is 10.1 Å². The summed E-state index contributed by atoms with van der Waals surface area (Å²) in [4.78, 5) is 2.37. The van der Waals surface area contributed by atoms with Gasteiger partial charge in [-0.05, 0) is 24.0 Å². The van der Waals surface area contributed by atoms with Gasteiger partial charge in [0.05, 0.1) is 13.8 Å². The van der Waals surface area contributed by atoms with E-state index < -0.39 is 0 Å². The summed E-state index contributed by atoms with van der Waals surface area (Å²) in [6.07, 6.45) is 0.526. The number of halogens is 1. The Hall–Kier alpha value is -1.13. The lowest BCUT2D eigenvalue weighted by Crippen LogP contribution is -2.45. The van der Waals surface area contributed by atoms with E-state index in [2.05, 4.69) is 36.2 Å². The largest absolute Gasteiger partial charge is 0.496 e. The average molecular weight is 294 g/mol. The van der Waals surface area contributed by atoms with E-state index >= 15 is 0 Å². The Kier molecular flexibility index (Phi) is 6.00. The molecule has 0 spiro atoms. The van der Waals surface area contributed by atoms with Crippen molar-refractivity contribution >= 4 is 0 Å². The Morgan fingerprint density at radius 2 is 2.00 bits per heavy atom. The lowest BCUT2D eigenvalue weighted by Gasteiger charge is -2.35. The molecular formula is C17H27FN2O. The van der Waals surface area contributed by atoms with Gasteiger partial charge in [0.25, 0.3) is 0 Å². The summed E-state index contributed by atoms with van der Waals surface area (Å²) in [5.41, 5.74) is 2.41. The van der Waals surface area contributed by atoms with Crippen LogP contribution in [0, 0.1) is 0 Å². The predicted molar refractivity (Wildman–Crippen MR) is 84.9 cm³/mol. The molecule has 1 aliphatic heterocycles. The van der Waals surface area contributed by atoms with Gasteiger partial charge in [0.2, 0.25) is 0 Å². The van der Waals surface area contributed by atoms with Crippen molar-refractivity contribution in [1.29, 1.82) is 0 Å². The number of nitrogens with zero attached hydrogens (tertiary/aromatic N) is 1. The minimum absolute atomic E-state index is 0.103. The Balaban J connectivity index is 2.34. The molecule has 0 aromatic heterocycles. The fraction of sp³-hybridized carbons (Fsp3) is 0.647. The SMILES string of the molecule is COc1ccc(C(C)C)cc1[C@@H](CCF)N1CCNCC1. The van der Waals surface area contributed by atoms with Gasteiger partial charge in [-0.15, -0.1) is 0 Å². The van der Waals surface area contributed by atoms with Crippen LogP contribution in [-0.4, -0.2) is 44.9 Å². The quantitative estimate of drug-likeness (QED) is 0.872. The molecule has 118 valence electrons. The van der Waals surface area contributed by atoms with Crippen LogP contribution in [0.2, 0.25) is 0 Å². The molecular weight excluding hydrogens is 267 g/mol. The van der Waals surface area contributed by atoms with E-state index in [9.17, 15) is 4.39 Å². The van der Waals surface area contributed by atoms with Crippen molar-refractivity contribution in [2.45, 2.75) is 32.2 Å². The number of alkyl halides is 1. The van der Waals surface area contributed by atoms with Crippen molar-refractivity contribution in [3.63, 3.8) is 0 Å². The number of piperazine rings is 1. The molecule has 1 N–H and O–H groups in total. The average Bonchev–Trinajstić information content (AvgIpc) is 2.52. The van der Waals surface area contributed by atoms with Gasteiger partial charge in [0.15, 0.2) is 0 Å². The van der Waals surface area contributed by atoms with Crippen molar-refractivity contribution in [1.82, 2.24) is 10.2 Å². The van der Waals surface area contributed by atoms with Crippen LogP contribution in [-0.2, 0) is 0 Å². The van der Waals surface area contributed by atoms with Gasteiger partial charge in [-0.25, -0.2) is 0 Å². The zero-order valence-electron chi connectivity index (χ0n) is 13.4. The molecule has 0 radical (unpaired) electrons. The molecule has 4 heteroatoms. The van der Waals surface area contributed by atoms with Crippen molar-refractivity contribution in [3.05, 3.63) is 29.3 Å². The maximum Gasteiger partial charge on any atom is 0.123 e. The van der Waals surface area contributed by atoms with Crippen LogP contribution < -0.4 is 10.1 Å². The summed E-state index contributed by atoms with van der Waals surface area (Å²) in [7, 11) is 1.69. The molecule has 1 atom stereocenters. The zero-order chi connectivity index (χ0) is 15.2. The minimum Gasteiger partial charge on any atom is -0.496 e. The van der Waals surface area contributed by atoms with Crippen LogP contribution in [0.5, 0.6) is 5.75 Å². The third-order valence-corrected chi connectivity index (χ3v) is 4.25. The molecule has 1 aromatic carbocycles. The molecule has 1 aliphatic rings. The van der Waals surface area contributed by atoms with Crippen LogP contribution in [0.3, 0.4) is 0 Å². The van der Waals surface area contributed by atoms with Crippen molar-refractivity contribution in [2.75, 3.05) is 40.0 Å². The van der Waals surface area contributed by atoms with Crippen molar-refractivity contribution in [3.8, 4) is 5.75 Å². The topological polar surface area (TPSA) is 24.5 Å². The maximum absolute atomic E-state index is 13.1. The molecule has 3 nitrogen and oxygen atoms in total. The highest BCUT2D eigenvalue weighted by atomic mass is 19.1. The zero-order valence-corrected chi connectivity index (χ0v) is 13.4. The highest BCUT2D eigenvalue weighted by Crippen LogP contribution is 2.34. The van der Waals surface area contributed by atoms with Crippen LogP contribution in [0.25, 0.3) is 0 Å². The van der Waals surface area contributed by atoms with E-state index in [1.54, 1.807) is 7.11 Å². The molecule has 2 rings (SSSR count). The van der Waals surface area contributed by atoms with Crippen LogP contribution in [0.4, 0.5) is 4.39 Å². The smallest absolute Gasteiger partial charge is 0.123 e. The van der Waals surface area contributed by atoms with Crippen LogP contribution in [0.1, 0.15) is 43.4 Å². The fourth-order valence-corrected chi connectivity index (χ4v) is 3.00. The normalized spacial score (nSPS) is 18.0. The molecule has 1 saturated heterocycles. The molecule has 0 bridgehead atoms. The molecule has 0 saturated carbocycles. The van der Waals surface area contributed by atoms with Gasteiger partial charge in [-0.3, -0.25) is 9.29 Å². The first-order chi connectivity index (χ1) is 10.2. The number of hydrogen-bond acceptors (Lipinski definition) is 3. The van der Waals surface area contributed by atoms with Crippen LogP contribution >= 0.6 is 0 Å². The first kappa shape index (κ1) is 16.2. The lowest BCUT2D eigenvalue weighted by atomic mass is 9.94. The van der Waals surface area contributed by atoms with Crippen molar-refractivity contribution in [2.24, 2.45) is 0 Å². The molecule has 0 amide bonds. The summed E-state index contributed by atoms with van der Waals surface area (Å²) < 4.78 is 18.6. The second kappa shape index (κ2) is 7.76. The summed E-state index contributed by atoms with van der Waals surface area (Å²) in [6.45, 7) is 7.91. The van der Waals surface area contributed by atoms with E-state index in [0.717, 1.165) is 37.5 Å². The second-order valence-corrected chi connectivity index (χ2v) is 5.94. The van der Waals surface area contributed by atoms with E-state index in [-0.39, 0.29) is 12.7 Å². The summed E-state index contributed by atoms with van der Waals surface area (Å²) in [6, 6.07) is 6.44. The first-order valence-corrected chi connectivity index (χ1v) is 7.86. The van der Waals surface area contributed by atoms with E-state index in [0.29, 0.717) is 12.3 Å². The van der Waals surface area contributed by atoms with Gasteiger partial charge in [0, 0.05) is 37.8 Å². The van der Waals surface area contributed by atoms with Crippen molar-refractivity contribution < 1.29 is 9.13 Å². The third kappa shape index (κ3) is 3.95. The molecule has 21 heavy (non-hydrogen) atoms. The second-order valence-electron chi connectivity index (χ2n) is 5.94. The molecule has 1 fully saturated rings. The van der Waals surface area contributed by atoms with Gasteiger partial charge in [0.1, 0.15) is 5.75 Å². The Morgan fingerprint density at radius 3 is 2.57 bits per heavy atom. The first-order valence-electron chi connectivity index (χ1n) is 7.86. The van der Waals surface area contributed by atoms with Gasteiger partial charge in [-0.2, -0.15) is 0 Å². The number of rotatable bonds is 6. The Morgan fingerprint density at radius 1 is 1.29 bits per heavy atom. The Labute approximate surface area is 127 Å². The molecule has 1 heterocycles. The summed E-state index contributed by atoms with van der Waals surface area (Å²) in [5, 5.41) is 3.35. The van der Waals surface area contributed by atoms with E-state index in [1.807, 2.05) is 6.07 Å². The molecule has 1 aromatic rings. The maximum atomic E-state index is 13.1. The number of ether oxygens (including phenoxy) is 1. The highest BCUT2D eigenvalue weighted by Gasteiger charge is 2.25. The number of nitrogens with one attached hydrogen (secondary N) is 1. The van der Waals surface area contributed by atoms with E-state index in [4.69, 9.17) is 4.74 Å². The standard InChI is InChI=1S/C17H27FN2O/c1-13(2)14-4-5-17(21-3)15(12-14)16(6-7-18)20-10-8-19-9-11-20/h4-5,12-13,16,19H,6-11H2,1-3H3/t16-/m1/s1. The molecule has 0 aliphatic carbocycles. The van der Waals surface area contributed by atoms with E-state index in [1.165, 1.54) is 5.56 Å². The summed E-state index contributed by atoms with van der Waals surface area (Å²) in [5.74, 6) is 1.33.